The molecule has 2 heterocycles. The predicted octanol–water partition coefficient (Wildman–Crippen LogP) is 2.79. The van der Waals surface area contributed by atoms with Gasteiger partial charge in [0.15, 0.2) is 0 Å². The Balaban J connectivity index is 1.57. The van der Waals surface area contributed by atoms with Gasteiger partial charge in [-0.25, -0.2) is 9.78 Å². The minimum absolute atomic E-state index is 0.0688. The standard InChI is InChI=1S/C17H21ClN4O2/c1-20(2)17(23)22-8-6-21(7-9-22)11-15-12-24-16(19-15)13-4-3-5-14(18)10-13/h3-5,10,12H,6-9,11H2,1-2H3. The van der Waals surface area contributed by atoms with E-state index in [4.69, 9.17) is 16.0 Å². The van der Waals surface area contributed by atoms with Gasteiger partial charge in [0, 0.05) is 57.4 Å². The predicted molar refractivity (Wildman–Crippen MR) is 92.9 cm³/mol. The molecular weight excluding hydrogens is 328 g/mol. The van der Waals surface area contributed by atoms with Gasteiger partial charge in [0.1, 0.15) is 6.26 Å². The first kappa shape index (κ1) is 16.8. The summed E-state index contributed by atoms with van der Waals surface area (Å²) in [6.45, 7) is 3.85. The summed E-state index contributed by atoms with van der Waals surface area (Å²) in [6, 6.07) is 7.53. The SMILES string of the molecule is CN(C)C(=O)N1CCN(Cc2coc(-c3cccc(Cl)c3)n2)CC1. The second kappa shape index (κ2) is 7.23. The normalized spacial score (nSPS) is 15.5. The third-order valence-electron chi connectivity index (χ3n) is 4.03. The fourth-order valence-electron chi connectivity index (χ4n) is 2.74. The molecule has 0 unspecified atom stereocenters. The molecular formula is C17H21ClN4O2. The molecule has 1 aromatic heterocycles. The number of amides is 2. The number of nitrogens with zero attached hydrogens (tertiary/aromatic N) is 4. The summed E-state index contributed by atoms with van der Waals surface area (Å²) in [5.41, 5.74) is 1.76. The van der Waals surface area contributed by atoms with Crippen LogP contribution < -0.4 is 0 Å². The highest BCUT2D eigenvalue weighted by molar-refractivity contribution is 6.30. The van der Waals surface area contributed by atoms with Crippen LogP contribution in [-0.4, -0.2) is 66.0 Å². The summed E-state index contributed by atoms with van der Waals surface area (Å²) in [4.78, 5) is 22.3. The Morgan fingerprint density at radius 2 is 2.04 bits per heavy atom. The number of urea groups is 1. The van der Waals surface area contributed by atoms with E-state index in [2.05, 4.69) is 9.88 Å². The number of piperazine rings is 1. The van der Waals surface area contributed by atoms with Crippen LogP contribution in [0, 0.1) is 0 Å². The Hall–Kier alpha value is -2.05. The number of hydrogen-bond acceptors (Lipinski definition) is 4. The molecule has 7 heteroatoms. The van der Waals surface area contributed by atoms with Crippen LogP contribution >= 0.6 is 11.6 Å². The molecule has 0 atom stereocenters. The molecule has 6 nitrogen and oxygen atoms in total. The molecule has 0 radical (unpaired) electrons. The van der Waals surface area contributed by atoms with Crippen molar-refractivity contribution < 1.29 is 9.21 Å². The van der Waals surface area contributed by atoms with Gasteiger partial charge in [-0.2, -0.15) is 0 Å². The zero-order valence-corrected chi connectivity index (χ0v) is 14.7. The molecule has 0 spiro atoms. The van der Waals surface area contributed by atoms with Crippen molar-refractivity contribution in [1.82, 2.24) is 19.7 Å². The maximum absolute atomic E-state index is 11.9. The minimum atomic E-state index is 0.0688. The topological polar surface area (TPSA) is 52.8 Å². The number of halogens is 1. The van der Waals surface area contributed by atoms with Crippen LogP contribution in [0.25, 0.3) is 11.5 Å². The van der Waals surface area contributed by atoms with Crippen molar-refractivity contribution in [2.24, 2.45) is 0 Å². The van der Waals surface area contributed by atoms with E-state index in [1.165, 1.54) is 0 Å². The molecule has 1 aliphatic heterocycles. The van der Waals surface area contributed by atoms with Gasteiger partial charge in [0.25, 0.3) is 0 Å². The Labute approximate surface area is 146 Å². The lowest BCUT2D eigenvalue weighted by molar-refractivity contribution is 0.119. The average Bonchev–Trinajstić information content (AvgIpc) is 3.03. The zero-order chi connectivity index (χ0) is 17.1. The number of oxazole rings is 1. The van der Waals surface area contributed by atoms with E-state index in [9.17, 15) is 4.79 Å². The molecule has 1 aliphatic rings. The molecule has 0 aliphatic carbocycles. The largest absolute Gasteiger partial charge is 0.444 e. The number of rotatable bonds is 3. The number of carbonyl (C=O) groups excluding carboxylic acids is 1. The summed E-state index contributed by atoms with van der Waals surface area (Å²) < 4.78 is 5.57. The van der Waals surface area contributed by atoms with Crippen molar-refractivity contribution in [2.75, 3.05) is 40.3 Å². The monoisotopic (exact) mass is 348 g/mol. The first-order chi connectivity index (χ1) is 11.5. The third-order valence-corrected chi connectivity index (χ3v) is 4.27. The van der Waals surface area contributed by atoms with Gasteiger partial charge < -0.3 is 14.2 Å². The summed E-state index contributed by atoms with van der Waals surface area (Å²) in [5, 5.41) is 0.661. The van der Waals surface area contributed by atoms with Gasteiger partial charge in [0.05, 0.1) is 5.69 Å². The summed E-state index contributed by atoms with van der Waals surface area (Å²) >= 11 is 6.01. The van der Waals surface area contributed by atoms with Crippen molar-refractivity contribution in [2.45, 2.75) is 6.54 Å². The van der Waals surface area contributed by atoms with Crippen molar-refractivity contribution in [1.29, 1.82) is 0 Å². The number of hydrogen-bond donors (Lipinski definition) is 0. The molecule has 24 heavy (non-hydrogen) atoms. The van der Waals surface area contributed by atoms with E-state index < -0.39 is 0 Å². The maximum atomic E-state index is 11.9. The number of carbonyl (C=O) groups is 1. The summed E-state index contributed by atoms with van der Waals surface area (Å²) in [5.74, 6) is 0.578. The van der Waals surface area contributed by atoms with Gasteiger partial charge in [-0.05, 0) is 18.2 Å². The van der Waals surface area contributed by atoms with Gasteiger partial charge >= 0.3 is 6.03 Å². The van der Waals surface area contributed by atoms with Crippen LogP contribution in [-0.2, 0) is 6.54 Å². The van der Waals surface area contributed by atoms with Crippen molar-refractivity contribution >= 4 is 17.6 Å². The highest BCUT2D eigenvalue weighted by Crippen LogP contribution is 2.22. The average molecular weight is 349 g/mol. The molecule has 2 amide bonds. The van der Waals surface area contributed by atoms with Crippen LogP contribution in [0.2, 0.25) is 5.02 Å². The fraction of sp³-hybridized carbons (Fsp3) is 0.412. The van der Waals surface area contributed by atoms with Crippen LogP contribution in [0.15, 0.2) is 34.9 Å². The van der Waals surface area contributed by atoms with E-state index in [1.807, 2.05) is 29.2 Å². The van der Waals surface area contributed by atoms with E-state index in [0.29, 0.717) is 17.5 Å². The van der Waals surface area contributed by atoms with Gasteiger partial charge in [0.2, 0.25) is 5.89 Å². The molecule has 0 N–H and O–H groups in total. The summed E-state index contributed by atoms with van der Waals surface area (Å²) in [6.07, 6.45) is 1.69. The highest BCUT2D eigenvalue weighted by Gasteiger charge is 2.22. The first-order valence-electron chi connectivity index (χ1n) is 7.92. The second-order valence-electron chi connectivity index (χ2n) is 6.09. The lowest BCUT2D eigenvalue weighted by atomic mass is 10.2. The van der Waals surface area contributed by atoms with E-state index >= 15 is 0 Å². The Kier molecular flexibility index (Phi) is 5.06. The van der Waals surface area contributed by atoms with Crippen LogP contribution in [0.4, 0.5) is 4.79 Å². The number of aromatic nitrogens is 1. The maximum Gasteiger partial charge on any atom is 0.319 e. The number of benzene rings is 1. The lowest BCUT2D eigenvalue weighted by Crippen LogP contribution is -2.51. The van der Waals surface area contributed by atoms with E-state index in [1.54, 1.807) is 25.3 Å². The highest BCUT2D eigenvalue weighted by atomic mass is 35.5. The van der Waals surface area contributed by atoms with Crippen molar-refractivity contribution in [3.63, 3.8) is 0 Å². The fourth-order valence-corrected chi connectivity index (χ4v) is 2.93. The van der Waals surface area contributed by atoms with E-state index in [-0.39, 0.29) is 6.03 Å². The van der Waals surface area contributed by atoms with Crippen LogP contribution in [0.1, 0.15) is 5.69 Å². The van der Waals surface area contributed by atoms with Gasteiger partial charge in [-0.3, -0.25) is 4.90 Å². The molecule has 128 valence electrons. The molecule has 1 fully saturated rings. The van der Waals surface area contributed by atoms with Crippen molar-refractivity contribution in [3.8, 4) is 11.5 Å². The Bertz CT molecular complexity index is 708. The molecule has 0 saturated carbocycles. The van der Waals surface area contributed by atoms with Crippen molar-refractivity contribution in [3.05, 3.63) is 41.2 Å². The smallest absolute Gasteiger partial charge is 0.319 e. The summed E-state index contributed by atoms with van der Waals surface area (Å²) in [7, 11) is 3.56. The lowest BCUT2D eigenvalue weighted by Gasteiger charge is -2.35. The quantitative estimate of drug-likeness (QED) is 0.856. The Morgan fingerprint density at radius 3 is 2.71 bits per heavy atom. The molecule has 3 rings (SSSR count). The second-order valence-corrected chi connectivity index (χ2v) is 6.53. The molecule has 1 aromatic carbocycles. The third kappa shape index (κ3) is 3.88. The molecule has 1 saturated heterocycles. The van der Waals surface area contributed by atoms with Crippen LogP contribution in [0.3, 0.4) is 0 Å². The van der Waals surface area contributed by atoms with E-state index in [0.717, 1.165) is 37.4 Å². The Morgan fingerprint density at radius 1 is 1.29 bits per heavy atom. The molecule has 2 aromatic rings. The van der Waals surface area contributed by atoms with Gasteiger partial charge in [-0.1, -0.05) is 17.7 Å². The molecule has 0 bridgehead atoms. The zero-order valence-electron chi connectivity index (χ0n) is 13.9. The van der Waals surface area contributed by atoms with Gasteiger partial charge in [-0.15, -0.1) is 0 Å². The van der Waals surface area contributed by atoms with Crippen LogP contribution in [0.5, 0.6) is 0 Å². The first-order valence-corrected chi connectivity index (χ1v) is 8.29. The minimum Gasteiger partial charge on any atom is -0.444 e.